The number of rotatable bonds is 6. The molecule has 106 valence electrons. The highest BCUT2D eigenvalue weighted by molar-refractivity contribution is 9.10. The van der Waals surface area contributed by atoms with Gasteiger partial charge in [0.15, 0.2) is 0 Å². The van der Waals surface area contributed by atoms with Crippen LogP contribution in [0.1, 0.15) is 18.1 Å². The maximum atomic E-state index is 6.17. The van der Waals surface area contributed by atoms with E-state index in [0.29, 0.717) is 0 Å². The van der Waals surface area contributed by atoms with Gasteiger partial charge in [0.1, 0.15) is 0 Å². The van der Waals surface area contributed by atoms with Gasteiger partial charge in [-0.05, 0) is 35.9 Å². The quantitative estimate of drug-likeness (QED) is 0.673. The summed E-state index contributed by atoms with van der Waals surface area (Å²) in [4.78, 5) is 1.25. The van der Waals surface area contributed by atoms with Crippen molar-refractivity contribution in [3.05, 3.63) is 63.1 Å². The van der Waals surface area contributed by atoms with Gasteiger partial charge >= 0.3 is 0 Å². The molecule has 0 saturated heterocycles. The first kappa shape index (κ1) is 15.9. The fourth-order valence-corrected chi connectivity index (χ4v) is 3.69. The van der Waals surface area contributed by atoms with Crippen LogP contribution >= 0.6 is 39.3 Å². The highest BCUT2D eigenvalue weighted by Gasteiger charge is 2.04. The lowest BCUT2D eigenvalue weighted by Gasteiger charge is -2.08. The average molecular weight is 371 g/mol. The van der Waals surface area contributed by atoms with Crippen LogP contribution in [0.4, 0.5) is 0 Å². The first-order chi connectivity index (χ1) is 9.70. The molecule has 4 heteroatoms. The minimum absolute atomic E-state index is 0.836. The summed E-state index contributed by atoms with van der Waals surface area (Å²) in [5.74, 6) is 0.888. The van der Waals surface area contributed by atoms with Gasteiger partial charge in [0.25, 0.3) is 0 Å². The smallest absolute Gasteiger partial charge is 0.0446 e. The molecule has 0 aliphatic heterocycles. The van der Waals surface area contributed by atoms with E-state index in [1.807, 2.05) is 18.2 Å². The molecule has 0 unspecified atom stereocenters. The van der Waals surface area contributed by atoms with Crippen molar-refractivity contribution in [1.82, 2.24) is 5.32 Å². The zero-order chi connectivity index (χ0) is 14.4. The Balaban J connectivity index is 2.00. The van der Waals surface area contributed by atoms with Gasteiger partial charge in [-0.25, -0.2) is 0 Å². The number of benzene rings is 2. The zero-order valence-corrected chi connectivity index (χ0v) is 14.5. The summed E-state index contributed by atoms with van der Waals surface area (Å²) in [5.41, 5.74) is 2.46. The normalized spacial score (nSPS) is 10.8. The highest BCUT2D eigenvalue weighted by atomic mass is 79.9. The summed E-state index contributed by atoms with van der Waals surface area (Å²) < 4.78 is 1.16. The largest absolute Gasteiger partial charge is 0.313 e. The monoisotopic (exact) mass is 369 g/mol. The second-order valence-corrected chi connectivity index (χ2v) is 6.72. The minimum Gasteiger partial charge on any atom is -0.313 e. The first-order valence-corrected chi connectivity index (χ1v) is 8.71. The van der Waals surface area contributed by atoms with Crippen LogP contribution in [0.2, 0.25) is 5.02 Å². The maximum Gasteiger partial charge on any atom is 0.0446 e. The number of nitrogens with one attached hydrogen (secondary N) is 1. The van der Waals surface area contributed by atoms with Gasteiger partial charge < -0.3 is 5.32 Å². The Kier molecular flexibility index (Phi) is 6.43. The Morgan fingerprint density at radius 3 is 2.65 bits per heavy atom. The Morgan fingerprint density at radius 1 is 1.15 bits per heavy atom. The summed E-state index contributed by atoms with van der Waals surface area (Å²) in [6, 6.07) is 14.5. The van der Waals surface area contributed by atoms with E-state index in [2.05, 4.69) is 52.4 Å². The van der Waals surface area contributed by atoms with Crippen LogP contribution in [0.15, 0.2) is 51.8 Å². The van der Waals surface area contributed by atoms with Crippen LogP contribution in [-0.2, 0) is 12.3 Å². The van der Waals surface area contributed by atoms with Gasteiger partial charge in [-0.3, -0.25) is 0 Å². The number of hydrogen-bond donors (Lipinski definition) is 1. The summed E-state index contributed by atoms with van der Waals surface area (Å²) >= 11 is 11.6. The van der Waals surface area contributed by atoms with Gasteiger partial charge in [0.2, 0.25) is 0 Å². The fraction of sp³-hybridized carbons (Fsp3) is 0.250. The summed E-state index contributed by atoms with van der Waals surface area (Å²) in [5, 5.41) is 4.17. The Bertz CT molecular complexity index is 574. The van der Waals surface area contributed by atoms with Crippen molar-refractivity contribution in [3.8, 4) is 0 Å². The molecule has 0 fully saturated rings. The standard InChI is InChI=1S/C16H17BrClNS/c1-2-19-10-12-7-8-14(9-15(12)17)20-11-13-5-3-4-6-16(13)18/h3-9,19H,2,10-11H2,1H3. The van der Waals surface area contributed by atoms with E-state index in [4.69, 9.17) is 11.6 Å². The van der Waals surface area contributed by atoms with Crippen molar-refractivity contribution < 1.29 is 0 Å². The molecule has 0 saturated carbocycles. The SMILES string of the molecule is CCNCc1ccc(SCc2ccccc2Cl)cc1Br. The van der Waals surface area contributed by atoms with E-state index in [-0.39, 0.29) is 0 Å². The lowest BCUT2D eigenvalue weighted by molar-refractivity contribution is 0.724. The number of hydrogen-bond acceptors (Lipinski definition) is 2. The second kappa shape index (κ2) is 8.08. The third-order valence-corrected chi connectivity index (χ3v) is 5.09. The molecule has 2 aromatic carbocycles. The van der Waals surface area contributed by atoms with Crippen molar-refractivity contribution in [2.75, 3.05) is 6.54 Å². The molecule has 0 spiro atoms. The van der Waals surface area contributed by atoms with Crippen LogP contribution < -0.4 is 5.32 Å². The van der Waals surface area contributed by atoms with Crippen molar-refractivity contribution in [2.24, 2.45) is 0 Å². The summed E-state index contributed by atoms with van der Waals surface area (Å²) in [6.07, 6.45) is 0. The average Bonchev–Trinajstić information content (AvgIpc) is 2.45. The predicted molar refractivity (Wildman–Crippen MR) is 92.5 cm³/mol. The predicted octanol–water partition coefficient (Wildman–Crippen LogP) is 5.50. The molecule has 2 rings (SSSR count). The van der Waals surface area contributed by atoms with Crippen LogP contribution in [0.3, 0.4) is 0 Å². The van der Waals surface area contributed by atoms with Gasteiger partial charge in [-0.1, -0.05) is 58.7 Å². The van der Waals surface area contributed by atoms with Gasteiger partial charge in [0.05, 0.1) is 0 Å². The molecule has 0 aliphatic rings. The Morgan fingerprint density at radius 2 is 1.95 bits per heavy atom. The molecule has 0 heterocycles. The molecule has 20 heavy (non-hydrogen) atoms. The molecule has 2 aromatic rings. The molecule has 0 aliphatic carbocycles. The number of halogens is 2. The molecule has 0 bridgehead atoms. The molecule has 0 amide bonds. The highest BCUT2D eigenvalue weighted by Crippen LogP contribution is 2.29. The number of thioether (sulfide) groups is 1. The first-order valence-electron chi connectivity index (χ1n) is 6.56. The van der Waals surface area contributed by atoms with E-state index in [1.165, 1.54) is 16.0 Å². The zero-order valence-electron chi connectivity index (χ0n) is 11.3. The third-order valence-electron chi connectivity index (χ3n) is 2.94. The lowest BCUT2D eigenvalue weighted by Crippen LogP contribution is -2.11. The van der Waals surface area contributed by atoms with E-state index < -0.39 is 0 Å². The van der Waals surface area contributed by atoms with Crippen LogP contribution in [0, 0.1) is 0 Å². The van der Waals surface area contributed by atoms with E-state index in [9.17, 15) is 0 Å². The van der Waals surface area contributed by atoms with E-state index in [1.54, 1.807) is 11.8 Å². The van der Waals surface area contributed by atoms with Crippen LogP contribution in [0.25, 0.3) is 0 Å². The molecular weight excluding hydrogens is 354 g/mol. The molecule has 0 radical (unpaired) electrons. The van der Waals surface area contributed by atoms with Crippen LogP contribution in [0.5, 0.6) is 0 Å². The Hall–Kier alpha value is -0.480. The van der Waals surface area contributed by atoms with Gasteiger partial charge in [0, 0.05) is 26.7 Å². The topological polar surface area (TPSA) is 12.0 Å². The fourth-order valence-electron chi connectivity index (χ4n) is 1.80. The van der Waals surface area contributed by atoms with Crippen molar-refractivity contribution in [2.45, 2.75) is 24.1 Å². The molecular formula is C16H17BrClNS. The van der Waals surface area contributed by atoms with E-state index >= 15 is 0 Å². The van der Waals surface area contributed by atoms with Crippen molar-refractivity contribution >= 4 is 39.3 Å². The molecule has 1 N–H and O–H groups in total. The molecule has 0 aromatic heterocycles. The second-order valence-electron chi connectivity index (χ2n) is 4.41. The minimum atomic E-state index is 0.836. The molecule has 1 nitrogen and oxygen atoms in total. The maximum absolute atomic E-state index is 6.17. The lowest BCUT2D eigenvalue weighted by atomic mass is 10.2. The third kappa shape index (κ3) is 4.52. The van der Waals surface area contributed by atoms with Gasteiger partial charge in [-0.2, -0.15) is 0 Å². The van der Waals surface area contributed by atoms with Crippen molar-refractivity contribution in [1.29, 1.82) is 0 Å². The van der Waals surface area contributed by atoms with Gasteiger partial charge in [-0.15, -0.1) is 11.8 Å². The van der Waals surface area contributed by atoms with Crippen LogP contribution in [-0.4, -0.2) is 6.54 Å². The van der Waals surface area contributed by atoms with E-state index in [0.717, 1.165) is 28.3 Å². The molecule has 0 atom stereocenters. The summed E-state index contributed by atoms with van der Waals surface area (Å²) in [6.45, 7) is 3.99. The summed E-state index contributed by atoms with van der Waals surface area (Å²) in [7, 11) is 0. The Labute approximate surface area is 138 Å². The van der Waals surface area contributed by atoms with Crippen molar-refractivity contribution in [3.63, 3.8) is 0 Å².